The van der Waals surface area contributed by atoms with E-state index in [1.807, 2.05) is 48.5 Å². The van der Waals surface area contributed by atoms with E-state index in [4.69, 9.17) is 0 Å². The molecule has 0 aliphatic carbocycles. The van der Waals surface area contributed by atoms with Gasteiger partial charge in [-0.2, -0.15) is 0 Å². The van der Waals surface area contributed by atoms with Gasteiger partial charge in [0.05, 0.1) is 0 Å². The van der Waals surface area contributed by atoms with Gasteiger partial charge in [-0.05, 0) is 66.7 Å². The Bertz CT molecular complexity index is 1160. The van der Waals surface area contributed by atoms with Gasteiger partial charge in [0.25, 0.3) is 0 Å². The van der Waals surface area contributed by atoms with Crippen LogP contribution in [0.25, 0.3) is 22.8 Å². The number of benzene rings is 3. The van der Waals surface area contributed by atoms with Gasteiger partial charge in [-0.3, -0.25) is 0 Å². The van der Waals surface area contributed by atoms with E-state index in [-0.39, 0.29) is 0 Å². The maximum atomic E-state index is 4.34. The molecule has 2 aromatic heterocycles. The van der Waals surface area contributed by atoms with Crippen molar-refractivity contribution in [2.45, 2.75) is 0 Å². The first-order chi connectivity index (χ1) is 15.4. The molecule has 5 aromatic rings. The van der Waals surface area contributed by atoms with Crippen molar-refractivity contribution in [3.63, 3.8) is 0 Å². The summed E-state index contributed by atoms with van der Waals surface area (Å²) in [5.74, 6) is 1.36. The summed E-state index contributed by atoms with van der Waals surface area (Å²) in [5.41, 5.74) is 5.06. The van der Waals surface area contributed by atoms with Crippen molar-refractivity contribution in [2.75, 3.05) is 4.90 Å². The van der Waals surface area contributed by atoms with Crippen LogP contribution in [0.3, 0.4) is 0 Å². The fraction of sp³-hybridized carbons (Fsp3) is 0. The number of aromatic nitrogens is 5. The van der Waals surface area contributed by atoms with Crippen LogP contribution in [0.1, 0.15) is 0 Å². The Balaban J connectivity index is 1.52. The molecule has 0 atom stereocenters. The van der Waals surface area contributed by atoms with E-state index in [9.17, 15) is 0 Å². The molecule has 6 heteroatoms. The summed E-state index contributed by atoms with van der Waals surface area (Å²) in [4.78, 5) is 23.2. The van der Waals surface area contributed by atoms with E-state index in [2.05, 4.69) is 66.2 Å². The van der Waals surface area contributed by atoms with E-state index < -0.39 is 0 Å². The number of hydrogen-bond donors (Lipinski definition) is 0. The Morgan fingerprint density at radius 3 is 1.48 bits per heavy atom. The highest BCUT2D eigenvalue weighted by Gasteiger charge is 2.13. The molecule has 6 nitrogen and oxygen atoms in total. The van der Waals surface area contributed by atoms with Gasteiger partial charge >= 0.3 is 0 Å². The zero-order valence-electron chi connectivity index (χ0n) is 16.6. The highest BCUT2D eigenvalue weighted by atomic mass is 15.1. The fourth-order valence-corrected chi connectivity index (χ4v) is 3.38. The van der Waals surface area contributed by atoms with E-state index >= 15 is 0 Å². The molecule has 0 aliphatic rings. The van der Waals surface area contributed by atoms with Crippen molar-refractivity contribution in [2.24, 2.45) is 0 Å². The largest absolute Gasteiger partial charge is 0.311 e. The third kappa shape index (κ3) is 4.00. The van der Waals surface area contributed by atoms with Gasteiger partial charge in [0.15, 0.2) is 11.6 Å². The molecule has 0 bridgehead atoms. The Hall–Kier alpha value is -4.45. The average Bonchev–Trinajstić information content (AvgIpc) is 2.87. The summed E-state index contributed by atoms with van der Waals surface area (Å²) in [6.07, 6.45) is 6.51. The lowest BCUT2D eigenvalue weighted by Gasteiger charge is -2.25. The second-order valence-electron chi connectivity index (χ2n) is 6.80. The van der Waals surface area contributed by atoms with Crippen LogP contribution in [-0.4, -0.2) is 24.9 Å². The second-order valence-corrected chi connectivity index (χ2v) is 6.80. The number of hydrogen-bond acceptors (Lipinski definition) is 6. The van der Waals surface area contributed by atoms with Crippen LogP contribution in [0.2, 0.25) is 0 Å². The van der Waals surface area contributed by atoms with Gasteiger partial charge in [0, 0.05) is 40.6 Å². The predicted octanol–water partition coefficient (Wildman–Crippen LogP) is 5.47. The first kappa shape index (κ1) is 18.6. The van der Waals surface area contributed by atoms with Crippen LogP contribution < -0.4 is 4.90 Å². The van der Waals surface area contributed by atoms with Gasteiger partial charge in [0.1, 0.15) is 12.7 Å². The van der Waals surface area contributed by atoms with Gasteiger partial charge < -0.3 is 4.90 Å². The summed E-state index contributed by atoms with van der Waals surface area (Å²) in [7, 11) is 0. The Morgan fingerprint density at radius 1 is 0.452 bits per heavy atom. The summed E-state index contributed by atoms with van der Waals surface area (Å²) >= 11 is 0. The van der Waals surface area contributed by atoms with Crippen molar-refractivity contribution >= 4 is 17.1 Å². The molecule has 0 saturated carbocycles. The molecular weight excluding hydrogens is 384 g/mol. The predicted molar refractivity (Wildman–Crippen MR) is 121 cm³/mol. The molecule has 0 fully saturated rings. The topological polar surface area (TPSA) is 67.7 Å². The van der Waals surface area contributed by atoms with Crippen LogP contribution in [0, 0.1) is 0 Å². The molecule has 0 amide bonds. The molecule has 31 heavy (non-hydrogen) atoms. The molecule has 0 radical (unpaired) electrons. The van der Waals surface area contributed by atoms with E-state index in [0.29, 0.717) is 11.6 Å². The average molecular weight is 402 g/mol. The van der Waals surface area contributed by atoms with E-state index in [1.165, 1.54) is 12.7 Å². The smallest absolute Gasteiger partial charge is 0.162 e. The minimum atomic E-state index is 0.653. The third-order valence-electron chi connectivity index (χ3n) is 4.84. The Kier molecular flexibility index (Phi) is 5.10. The number of para-hydroxylation sites is 1. The number of rotatable bonds is 5. The van der Waals surface area contributed by atoms with Crippen molar-refractivity contribution in [3.05, 3.63) is 110 Å². The summed E-state index contributed by atoms with van der Waals surface area (Å²) in [6, 6.07) is 28.5. The molecule has 0 spiro atoms. The fourth-order valence-electron chi connectivity index (χ4n) is 3.38. The minimum absolute atomic E-state index is 0.653. The lowest BCUT2D eigenvalue weighted by Crippen LogP contribution is -2.09. The zero-order chi connectivity index (χ0) is 20.9. The van der Waals surface area contributed by atoms with Crippen molar-refractivity contribution in [1.82, 2.24) is 24.9 Å². The van der Waals surface area contributed by atoms with E-state index in [1.54, 1.807) is 12.4 Å². The van der Waals surface area contributed by atoms with E-state index in [0.717, 1.165) is 28.2 Å². The van der Waals surface area contributed by atoms with Crippen LogP contribution in [0.5, 0.6) is 0 Å². The van der Waals surface area contributed by atoms with Gasteiger partial charge in [-0.1, -0.05) is 18.2 Å². The lowest BCUT2D eigenvalue weighted by molar-refractivity contribution is 1.06. The van der Waals surface area contributed by atoms with Crippen LogP contribution >= 0.6 is 0 Å². The van der Waals surface area contributed by atoms with Gasteiger partial charge in [-0.25, -0.2) is 24.9 Å². The quantitative estimate of drug-likeness (QED) is 0.389. The first-order valence-corrected chi connectivity index (χ1v) is 9.83. The third-order valence-corrected chi connectivity index (χ3v) is 4.84. The van der Waals surface area contributed by atoms with Gasteiger partial charge in [-0.15, -0.1) is 0 Å². The molecule has 2 heterocycles. The summed E-state index contributed by atoms with van der Waals surface area (Å²) < 4.78 is 0. The maximum absolute atomic E-state index is 4.34. The Labute approximate surface area is 180 Å². The zero-order valence-corrected chi connectivity index (χ0v) is 16.6. The molecule has 148 valence electrons. The summed E-state index contributed by atoms with van der Waals surface area (Å²) in [5, 5.41) is 0. The van der Waals surface area contributed by atoms with Crippen molar-refractivity contribution < 1.29 is 0 Å². The van der Waals surface area contributed by atoms with Gasteiger partial charge in [0.2, 0.25) is 0 Å². The lowest BCUT2D eigenvalue weighted by atomic mass is 10.1. The standard InChI is InChI=1S/C25H18N6/c1-2-5-21(6-3-1)31(22-11-7-19(8-12-22)24-27-15-4-16-28-24)23-13-9-20(10-14-23)25-29-17-26-18-30-25/h1-18H. The highest BCUT2D eigenvalue weighted by Crippen LogP contribution is 2.35. The SMILES string of the molecule is c1ccc(N(c2ccc(-c3ncccn3)cc2)c2ccc(-c3ncncn3)cc2)cc1. The van der Waals surface area contributed by atoms with Crippen LogP contribution in [-0.2, 0) is 0 Å². The molecular formula is C25H18N6. The first-order valence-electron chi connectivity index (χ1n) is 9.83. The molecule has 0 saturated heterocycles. The number of anilines is 3. The molecule has 0 unspecified atom stereocenters. The summed E-state index contributed by atoms with van der Waals surface area (Å²) in [6.45, 7) is 0. The monoisotopic (exact) mass is 402 g/mol. The molecule has 0 N–H and O–H groups in total. The number of nitrogens with zero attached hydrogens (tertiary/aromatic N) is 6. The molecule has 3 aromatic carbocycles. The van der Waals surface area contributed by atoms with Crippen LogP contribution in [0.15, 0.2) is 110 Å². The Morgan fingerprint density at radius 2 is 0.935 bits per heavy atom. The molecule has 0 aliphatic heterocycles. The minimum Gasteiger partial charge on any atom is -0.311 e. The van der Waals surface area contributed by atoms with Crippen molar-refractivity contribution in [1.29, 1.82) is 0 Å². The van der Waals surface area contributed by atoms with Crippen LogP contribution in [0.4, 0.5) is 17.1 Å². The van der Waals surface area contributed by atoms with Crippen molar-refractivity contribution in [3.8, 4) is 22.8 Å². The normalized spacial score (nSPS) is 10.6. The maximum Gasteiger partial charge on any atom is 0.162 e. The molecule has 5 rings (SSSR count). The second kappa shape index (κ2) is 8.51. The highest BCUT2D eigenvalue weighted by molar-refractivity contribution is 5.78.